The van der Waals surface area contributed by atoms with Gasteiger partial charge in [-0.05, 0) is 60.4 Å². The fraction of sp³-hybridized carbons (Fsp3) is 0.375. The third-order valence-corrected chi connectivity index (χ3v) is 8.88. The van der Waals surface area contributed by atoms with E-state index in [0.29, 0.717) is 34.4 Å². The van der Waals surface area contributed by atoms with E-state index in [2.05, 4.69) is 5.32 Å². The molecule has 0 spiro atoms. The number of nitrogens with one attached hydrogen (secondary N) is 1. The predicted octanol–water partition coefficient (Wildman–Crippen LogP) is 6.10. The summed E-state index contributed by atoms with van der Waals surface area (Å²) in [7, 11) is -2.08. The van der Waals surface area contributed by atoms with E-state index in [4.69, 9.17) is 27.9 Å². The summed E-state index contributed by atoms with van der Waals surface area (Å²) in [6.45, 7) is 2.76. The zero-order chi connectivity index (χ0) is 31.4. The number of anilines is 1. The van der Waals surface area contributed by atoms with Crippen molar-refractivity contribution >= 4 is 50.7 Å². The summed E-state index contributed by atoms with van der Waals surface area (Å²) < 4.78 is 31.7. The van der Waals surface area contributed by atoms with Gasteiger partial charge in [0.05, 0.1) is 29.1 Å². The number of amides is 2. The van der Waals surface area contributed by atoms with Crippen LogP contribution in [0.25, 0.3) is 0 Å². The lowest BCUT2D eigenvalue weighted by atomic mass is 10.0. The van der Waals surface area contributed by atoms with Gasteiger partial charge in [-0.1, -0.05) is 72.9 Å². The van der Waals surface area contributed by atoms with E-state index in [0.717, 1.165) is 30.2 Å². The summed E-state index contributed by atoms with van der Waals surface area (Å²) >= 11 is 12.4. The summed E-state index contributed by atoms with van der Waals surface area (Å²) in [5, 5.41) is 3.73. The molecule has 232 valence electrons. The molecule has 1 atom stereocenters. The fourth-order valence-electron chi connectivity index (χ4n) is 4.65. The van der Waals surface area contributed by atoms with E-state index in [9.17, 15) is 18.0 Å². The van der Waals surface area contributed by atoms with Crippen molar-refractivity contribution < 1.29 is 22.7 Å². The van der Waals surface area contributed by atoms with Gasteiger partial charge in [0.25, 0.3) is 0 Å². The average Bonchev–Trinajstić information content (AvgIpc) is 2.99. The first-order chi connectivity index (χ1) is 20.5. The quantitative estimate of drug-likeness (QED) is 0.189. The standard InChI is InChI=1S/C32H39Cl2N3O5S/c1-4-5-19-35-32(39)30(22-24-10-7-6-8-11-24)36(23-25-13-18-28(33)29(34)21-25)31(38)12-9-20-37(43(3,40)41)26-14-16-27(42-2)17-15-26/h6-8,10-11,13-18,21,30H,4-5,9,12,19-20,22-23H2,1-3H3,(H,35,39)/t30-/m1/s1. The maximum Gasteiger partial charge on any atom is 0.243 e. The molecule has 0 bridgehead atoms. The number of sulfonamides is 1. The van der Waals surface area contributed by atoms with Gasteiger partial charge in [0.1, 0.15) is 11.8 Å². The van der Waals surface area contributed by atoms with Crippen molar-refractivity contribution in [1.29, 1.82) is 0 Å². The van der Waals surface area contributed by atoms with Crippen molar-refractivity contribution in [2.45, 2.75) is 51.6 Å². The van der Waals surface area contributed by atoms with Gasteiger partial charge in [0, 0.05) is 32.5 Å². The molecule has 2 amide bonds. The first-order valence-electron chi connectivity index (χ1n) is 14.2. The highest BCUT2D eigenvalue weighted by Crippen LogP contribution is 2.25. The highest BCUT2D eigenvalue weighted by molar-refractivity contribution is 7.92. The van der Waals surface area contributed by atoms with Gasteiger partial charge in [-0.15, -0.1) is 0 Å². The third kappa shape index (κ3) is 10.4. The Morgan fingerprint density at radius 2 is 1.63 bits per heavy atom. The van der Waals surface area contributed by atoms with E-state index in [-0.39, 0.29) is 37.7 Å². The number of ether oxygens (including phenoxy) is 1. The van der Waals surface area contributed by atoms with Crippen LogP contribution in [0.5, 0.6) is 5.75 Å². The molecule has 3 rings (SSSR count). The number of halogens is 2. The molecule has 0 aliphatic rings. The highest BCUT2D eigenvalue weighted by Gasteiger charge is 2.30. The van der Waals surface area contributed by atoms with Crippen LogP contribution in [0, 0.1) is 0 Å². The van der Waals surface area contributed by atoms with Gasteiger partial charge >= 0.3 is 0 Å². The molecule has 8 nitrogen and oxygen atoms in total. The first kappa shape index (κ1) is 34.2. The molecule has 43 heavy (non-hydrogen) atoms. The van der Waals surface area contributed by atoms with E-state index >= 15 is 0 Å². The van der Waals surface area contributed by atoms with Crippen LogP contribution in [0.3, 0.4) is 0 Å². The predicted molar refractivity (Wildman–Crippen MR) is 173 cm³/mol. The van der Waals surface area contributed by atoms with Crippen LogP contribution in [-0.4, -0.2) is 57.6 Å². The van der Waals surface area contributed by atoms with Crippen molar-refractivity contribution in [2.75, 3.05) is 30.8 Å². The van der Waals surface area contributed by atoms with E-state index < -0.39 is 16.1 Å². The number of methoxy groups -OCH3 is 1. The van der Waals surface area contributed by atoms with Gasteiger partial charge in [-0.2, -0.15) is 0 Å². The molecule has 3 aromatic carbocycles. The number of hydrogen-bond acceptors (Lipinski definition) is 5. The lowest BCUT2D eigenvalue weighted by Crippen LogP contribution is -2.50. The summed E-state index contributed by atoms with van der Waals surface area (Å²) in [6.07, 6.45) is 3.44. The number of rotatable bonds is 16. The zero-order valence-corrected chi connectivity index (χ0v) is 27.1. The normalized spacial score (nSPS) is 11.9. The lowest BCUT2D eigenvalue weighted by Gasteiger charge is -2.32. The second-order valence-corrected chi connectivity index (χ2v) is 13.0. The number of carbonyl (C=O) groups is 2. The molecule has 0 saturated carbocycles. The van der Waals surface area contributed by atoms with Gasteiger partial charge < -0.3 is 15.0 Å². The first-order valence-corrected chi connectivity index (χ1v) is 16.8. The molecule has 3 aromatic rings. The van der Waals surface area contributed by atoms with Crippen molar-refractivity contribution in [3.8, 4) is 5.75 Å². The number of benzene rings is 3. The largest absolute Gasteiger partial charge is 0.497 e. The Balaban J connectivity index is 1.88. The summed E-state index contributed by atoms with van der Waals surface area (Å²) in [6, 6.07) is 20.6. The molecule has 0 heterocycles. The van der Waals surface area contributed by atoms with Crippen LogP contribution in [0.15, 0.2) is 72.8 Å². The molecular weight excluding hydrogens is 609 g/mol. The molecule has 0 radical (unpaired) electrons. The highest BCUT2D eigenvalue weighted by atomic mass is 35.5. The summed E-state index contributed by atoms with van der Waals surface area (Å²) in [4.78, 5) is 29.1. The number of hydrogen-bond donors (Lipinski definition) is 1. The minimum Gasteiger partial charge on any atom is -0.497 e. The topological polar surface area (TPSA) is 96.0 Å². The fourth-order valence-corrected chi connectivity index (χ4v) is 5.93. The SMILES string of the molecule is CCCCNC(=O)[C@@H](Cc1ccccc1)N(Cc1ccc(Cl)c(Cl)c1)C(=O)CCCN(c1ccc(OC)cc1)S(C)(=O)=O. The van der Waals surface area contributed by atoms with Gasteiger partial charge in [0.15, 0.2) is 0 Å². The van der Waals surface area contributed by atoms with Crippen LogP contribution in [0.2, 0.25) is 10.0 Å². The molecule has 11 heteroatoms. The Bertz CT molecular complexity index is 1450. The van der Waals surface area contributed by atoms with Crippen molar-refractivity contribution in [2.24, 2.45) is 0 Å². The lowest BCUT2D eigenvalue weighted by molar-refractivity contribution is -0.141. The molecule has 0 aliphatic heterocycles. The molecule has 0 aromatic heterocycles. The van der Waals surface area contributed by atoms with Crippen molar-refractivity contribution in [3.63, 3.8) is 0 Å². The minimum absolute atomic E-state index is 0.0248. The van der Waals surface area contributed by atoms with Gasteiger partial charge in [0.2, 0.25) is 21.8 Å². The van der Waals surface area contributed by atoms with Crippen LogP contribution < -0.4 is 14.4 Å². The second-order valence-electron chi connectivity index (χ2n) is 10.3. The minimum atomic E-state index is -3.62. The number of unbranched alkanes of at least 4 members (excludes halogenated alkanes) is 1. The third-order valence-electron chi connectivity index (χ3n) is 6.95. The maximum atomic E-state index is 13.9. The number of carbonyl (C=O) groups excluding carboxylic acids is 2. The number of nitrogens with zero attached hydrogens (tertiary/aromatic N) is 2. The van der Waals surface area contributed by atoms with E-state index in [1.165, 1.54) is 11.4 Å². The second kappa shape index (κ2) is 16.5. The molecular formula is C32H39Cl2N3O5S. The molecule has 0 saturated heterocycles. The molecule has 0 unspecified atom stereocenters. The smallest absolute Gasteiger partial charge is 0.243 e. The molecule has 0 fully saturated rings. The zero-order valence-electron chi connectivity index (χ0n) is 24.8. The van der Waals surface area contributed by atoms with Crippen LogP contribution >= 0.6 is 23.2 Å². The monoisotopic (exact) mass is 647 g/mol. The van der Waals surface area contributed by atoms with Crippen LogP contribution in [0.4, 0.5) is 5.69 Å². The van der Waals surface area contributed by atoms with E-state index in [1.54, 1.807) is 47.4 Å². The summed E-state index contributed by atoms with van der Waals surface area (Å²) in [5.41, 5.74) is 2.10. The Morgan fingerprint density at radius 1 is 0.930 bits per heavy atom. The van der Waals surface area contributed by atoms with Crippen LogP contribution in [-0.2, 0) is 32.6 Å². The maximum absolute atomic E-state index is 13.9. The van der Waals surface area contributed by atoms with Crippen molar-refractivity contribution in [1.82, 2.24) is 10.2 Å². The Hall–Kier alpha value is -3.27. The van der Waals surface area contributed by atoms with Gasteiger partial charge in [-0.3, -0.25) is 13.9 Å². The summed E-state index contributed by atoms with van der Waals surface area (Å²) in [5.74, 6) is 0.0783. The Kier molecular flexibility index (Phi) is 13.2. The van der Waals surface area contributed by atoms with E-state index in [1.807, 2.05) is 37.3 Å². The molecule has 0 aliphatic carbocycles. The van der Waals surface area contributed by atoms with Crippen LogP contribution in [0.1, 0.15) is 43.7 Å². The Morgan fingerprint density at radius 3 is 2.23 bits per heavy atom. The Labute approximate surface area is 265 Å². The van der Waals surface area contributed by atoms with Crippen molar-refractivity contribution in [3.05, 3.63) is 94.0 Å². The van der Waals surface area contributed by atoms with Gasteiger partial charge in [-0.25, -0.2) is 8.42 Å². The average molecular weight is 649 g/mol. The molecule has 1 N–H and O–H groups in total.